The van der Waals surface area contributed by atoms with Crippen molar-refractivity contribution in [3.05, 3.63) is 0 Å². The average molecular weight is 155 g/mol. The lowest BCUT2D eigenvalue weighted by Gasteiger charge is -2.13. The SMILES string of the molecule is CCC1CCN(CC2CO2)C1. The van der Waals surface area contributed by atoms with Crippen LogP contribution in [0.3, 0.4) is 0 Å². The standard InChI is InChI=1S/C9H17NO/c1-2-8-3-4-10(5-8)6-9-7-11-9/h8-9H,2-7H2,1H3. The van der Waals surface area contributed by atoms with Crippen LogP contribution in [0, 0.1) is 5.92 Å². The summed E-state index contributed by atoms with van der Waals surface area (Å²) in [5.41, 5.74) is 0. The Balaban J connectivity index is 1.70. The molecule has 0 bridgehead atoms. The Hall–Kier alpha value is -0.0800. The highest BCUT2D eigenvalue weighted by molar-refractivity contribution is 4.80. The molecule has 2 fully saturated rings. The summed E-state index contributed by atoms with van der Waals surface area (Å²) >= 11 is 0. The van der Waals surface area contributed by atoms with E-state index in [1.165, 1.54) is 32.5 Å². The Morgan fingerprint density at radius 2 is 2.36 bits per heavy atom. The predicted molar refractivity (Wildman–Crippen MR) is 44.6 cm³/mol. The van der Waals surface area contributed by atoms with Gasteiger partial charge in [0, 0.05) is 13.1 Å². The summed E-state index contributed by atoms with van der Waals surface area (Å²) in [4.78, 5) is 2.55. The van der Waals surface area contributed by atoms with Crippen LogP contribution < -0.4 is 0 Å². The Morgan fingerprint density at radius 3 is 2.91 bits per heavy atom. The van der Waals surface area contributed by atoms with Gasteiger partial charge in [0.15, 0.2) is 0 Å². The van der Waals surface area contributed by atoms with Crippen LogP contribution in [0.25, 0.3) is 0 Å². The van der Waals surface area contributed by atoms with Crippen molar-refractivity contribution in [2.24, 2.45) is 5.92 Å². The third-order valence-corrected chi connectivity index (χ3v) is 2.81. The maximum Gasteiger partial charge on any atom is 0.0936 e. The van der Waals surface area contributed by atoms with E-state index in [-0.39, 0.29) is 0 Å². The number of rotatable bonds is 3. The molecule has 2 aliphatic rings. The van der Waals surface area contributed by atoms with Gasteiger partial charge in [0.25, 0.3) is 0 Å². The predicted octanol–water partition coefficient (Wildman–Crippen LogP) is 1.12. The molecule has 0 spiro atoms. The molecule has 2 saturated heterocycles. The molecule has 2 rings (SSSR count). The molecule has 2 heterocycles. The quantitative estimate of drug-likeness (QED) is 0.568. The highest BCUT2D eigenvalue weighted by Gasteiger charge is 2.29. The second-order valence-corrected chi connectivity index (χ2v) is 3.78. The first-order valence-corrected chi connectivity index (χ1v) is 4.72. The molecule has 0 N–H and O–H groups in total. The zero-order valence-corrected chi connectivity index (χ0v) is 7.25. The number of nitrogens with zero attached hydrogens (tertiary/aromatic N) is 1. The Kier molecular flexibility index (Phi) is 2.14. The monoisotopic (exact) mass is 155 g/mol. The van der Waals surface area contributed by atoms with Gasteiger partial charge in [-0.05, 0) is 18.9 Å². The van der Waals surface area contributed by atoms with E-state index in [0.29, 0.717) is 6.10 Å². The van der Waals surface area contributed by atoms with Crippen LogP contribution in [-0.4, -0.2) is 37.2 Å². The zero-order valence-electron chi connectivity index (χ0n) is 7.25. The van der Waals surface area contributed by atoms with Gasteiger partial charge in [-0.3, -0.25) is 0 Å². The number of likely N-dealkylation sites (tertiary alicyclic amines) is 1. The topological polar surface area (TPSA) is 15.8 Å². The molecule has 0 aromatic rings. The molecule has 2 nitrogen and oxygen atoms in total. The first-order valence-electron chi connectivity index (χ1n) is 4.72. The van der Waals surface area contributed by atoms with Crippen LogP contribution in [0.5, 0.6) is 0 Å². The van der Waals surface area contributed by atoms with E-state index >= 15 is 0 Å². The molecule has 0 saturated carbocycles. The summed E-state index contributed by atoms with van der Waals surface area (Å²) in [6.45, 7) is 7.11. The van der Waals surface area contributed by atoms with Crippen molar-refractivity contribution < 1.29 is 4.74 Å². The van der Waals surface area contributed by atoms with E-state index in [2.05, 4.69) is 11.8 Å². The normalized spacial score (nSPS) is 37.9. The highest BCUT2D eigenvalue weighted by atomic mass is 16.6. The van der Waals surface area contributed by atoms with Crippen molar-refractivity contribution in [1.82, 2.24) is 4.90 Å². The van der Waals surface area contributed by atoms with Gasteiger partial charge in [-0.15, -0.1) is 0 Å². The Bertz CT molecular complexity index is 134. The lowest BCUT2D eigenvalue weighted by molar-refractivity contribution is 0.277. The molecule has 0 aromatic carbocycles. The van der Waals surface area contributed by atoms with Gasteiger partial charge in [0.05, 0.1) is 12.7 Å². The third kappa shape index (κ3) is 1.94. The van der Waals surface area contributed by atoms with Crippen LogP contribution in [0.4, 0.5) is 0 Å². The van der Waals surface area contributed by atoms with Crippen molar-refractivity contribution in [2.45, 2.75) is 25.9 Å². The number of ether oxygens (including phenoxy) is 1. The summed E-state index contributed by atoms with van der Waals surface area (Å²) < 4.78 is 5.20. The van der Waals surface area contributed by atoms with E-state index in [1.54, 1.807) is 0 Å². The molecular formula is C9H17NO. The molecule has 0 amide bonds. The summed E-state index contributed by atoms with van der Waals surface area (Å²) in [5.74, 6) is 0.966. The first-order chi connectivity index (χ1) is 5.38. The summed E-state index contributed by atoms with van der Waals surface area (Å²) in [6.07, 6.45) is 3.34. The van der Waals surface area contributed by atoms with E-state index in [1.807, 2.05) is 0 Å². The van der Waals surface area contributed by atoms with Crippen LogP contribution in [-0.2, 0) is 4.74 Å². The minimum Gasteiger partial charge on any atom is -0.372 e. The Morgan fingerprint density at radius 1 is 1.55 bits per heavy atom. The summed E-state index contributed by atoms with van der Waals surface area (Å²) in [5, 5.41) is 0. The van der Waals surface area contributed by atoms with Crippen molar-refractivity contribution in [3.63, 3.8) is 0 Å². The Labute approximate surface area is 68.5 Å². The molecule has 2 aliphatic heterocycles. The van der Waals surface area contributed by atoms with Crippen molar-refractivity contribution in [2.75, 3.05) is 26.2 Å². The van der Waals surface area contributed by atoms with Crippen LogP contribution in [0.2, 0.25) is 0 Å². The highest BCUT2D eigenvalue weighted by Crippen LogP contribution is 2.21. The van der Waals surface area contributed by atoms with E-state index in [9.17, 15) is 0 Å². The molecule has 2 atom stereocenters. The maximum absolute atomic E-state index is 5.20. The van der Waals surface area contributed by atoms with Crippen molar-refractivity contribution in [1.29, 1.82) is 0 Å². The molecule has 64 valence electrons. The summed E-state index contributed by atoms with van der Waals surface area (Å²) in [6, 6.07) is 0. The van der Waals surface area contributed by atoms with Crippen molar-refractivity contribution in [3.8, 4) is 0 Å². The fraction of sp³-hybridized carbons (Fsp3) is 1.00. The third-order valence-electron chi connectivity index (χ3n) is 2.81. The summed E-state index contributed by atoms with van der Waals surface area (Å²) in [7, 11) is 0. The lowest BCUT2D eigenvalue weighted by atomic mass is 10.1. The second kappa shape index (κ2) is 3.11. The van der Waals surface area contributed by atoms with E-state index in [4.69, 9.17) is 4.74 Å². The largest absolute Gasteiger partial charge is 0.372 e. The van der Waals surface area contributed by atoms with Gasteiger partial charge in [0.2, 0.25) is 0 Å². The van der Waals surface area contributed by atoms with E-state index < -0.39 is 0 Å². The smallest absolute Gasteiger partial charge is 0.0936 e. The second-order valence-electron chi connectivity index (χ2n) is 3.78. The molecule has 0 aromatic heterocycles. The van der Waals surface area contributed by atoms with Crippen molar-refractivity contribution >= 4 is 0 Å². The molecule has 0 aliphatic carbocycles. The number of hydrogen-bond donors (Lipinski definition) is 0. The minimum absolute atomic E-state index is 0.589. The molecule has 2 unspecified atom stereocenters. The average Bonchev–Trinajstić information content (AvgIpc) is 2.68. The van der Waals surface area contributed by atoms with E-state index in [0.717, 1.165) is 12.5 Å². The minimum atomic E-state index is 0.589. The van der Waals surface area contributed by atoms with Gasteiger partial charge in [-0.1, -0.05) is 13.3 Å². The number of epoxide rings is 1. The van der Waals surface area contributed by atoms with Gasteiger partial charge >= 0.3 is 0 Å². The first kappa shape index (κ1) is 7.56. The van der Waals surface area contributed by atoms with Gasteiger partial charge in [-0.2, -0.15) is 0 Å². The fourth-order valence-corrected chi connectivity index (χ4v) is 1.87. The molecule has 2 heteroatoms. The van der Waals surface area contributed by atoms with Crippen LogP contribution >= 0.6 is 0 Å². The van der Waals surface area contributed by atoms with Crippen LogP contribution in [0.15, 0.2) is 0 Å². The zero-order chi connectivity index (χ0) is 7.68. The van der Waals surface area contributed by atoms with Gasteiger partial charge in [0.1, 0.15) is 0 Å². The lowest BCUT2D eigenvalue weighted by Crippen LogP contribution is -2.25. The van der Waals surface area contributed by atoms with Gasteiger partial charge < -0.3 is 9.64 Å². The molecule has 0 radical (unpaired) electrons. The fourth-order valence-electron chi connectivity index (χ4n) is 1.87. The molecular weight excluding hydrogens is 138 g/mol. The van der Waals surface area contributed by atoms with Crippen LogP contribution in [0.1, 0.15) is 19.8 Å². The maximum atomic E-state index is 5.20. The molecule has 11 heavy (non-hydrogen) atoms. The number of hydrogen-bond acceptors (Lipinski definition) is 2. The van der Waals surface area contributed by atoms with Gasteiger partial charge in [-0.25, -0.2) is 0 Å².